The number of likely N-dealkylation sites (tertiary alicyclic amines) is 1. The number of amides is 1. The summed E-state index contributed by atoms with van der Waals surface area (Å²) in [4.78, 5) is 24.0. The summed E-state index contributed by atoms with van der Waals surface area (Å²) in [6.07, 6.45) is 5.61. The second kappa shape index (κ2) is 7.14. The van der Waals surface area contributed by atoms with Gasteiger partial charge in [0.1, 0.15) is 5.82 Å². The van der Waals surface area contributed by atoms with Gasteiger partial charge in [-0.2, -0.15) is 0 Å². The monoisotopic (exact) mass is 362 g/mol. The molecule has 0 N–H and O–H groups in total. The second-order valence-electron chi connectivity index (χ2n) is 7.59. The molecule has 0 saturated carbocycles. The first-order valence-corrected chi connectivity index (χ1v) is 9.78. The van der Waals surface area contributed by atoms with Crippen molar-refractivity contribution >= 4 is 16.9 Å². The molecule has 5 nitrogen and oxygen atoms in total. The number of hydrogen-bond donors (Lipinski definition) is 0. The van der Waals surface area contributed by atoms with E-state index in [2.05, 4.69) is 30.3 Å². The molecule has 3 aromatic rings. The maximum absolute atomic E-state index is 12.9. The maximum Gasteiger partial charge on any atom is 0.253 e. The molecular formula is C22H26N4O. The average molecular weight is 362 g/mol. The number of pyridine rings is 1. The van der Waals surface area contributed by atoms with Crippen LogP contribution in [0.4, 0.5) is 0 Å². The van der Waals surface area contributed by atoms with Gasteiger partial charge in [-0.1, -0.05) is 19.1 Å². The number of rotatable bonds is 4. The molecule has 5 heteroatoms. The minimum Gasteiger partial charge on any atom is -0.338 e. The van der Waals surface area contributed by atoms with Gasteiger partial charge in [-0.25, -0.2) is 4.98 Å². The normalized spacial score (nSPS) is 17.2. The molecule has 0 spiro atoms. The highest BCUT2D eigenvalue weighted by atomic mass is 16.2. The van der Waals surface area contributed by atoms with Crippen molar-refractivity contribution in [2.45, 2.75) is 45.6 Å². The van der Waals surface area contributed by atoms with Crippen molar-refractivity contribution in [3.05, 3.63) is 59.7 Å². The zero-order chi connectivity index (χ0) is 19.0. The van der Waals surface area contributed by atoms with E-state index in [1.54, 1.807) is 6.20 Å². The molecule has 1 aromatic carbocycles. The molecule has 1 aliphatic rings. The smallest absolute Gasteiger partial charge is 0.253 e. The standard InChI is InChI=1S/C22H26N4O/c1-4-16-5-7-17(8-6-16)22(27)25-12-10-18(14-25)21-24-19-9-11-23-13-20(19)26(21)15(2)3/h5-9,11,13,15,18H,4,10,12,14H2,1-3H3/t18-/m1/s1. The quantitative estimate of drug-likeness (QED) is 0.699. The Kier molecular flexibility index (Phi) is 4.68. The number of aromatic nitrogens is 3. The van der Waals surface area contributed by atoms with Crippen LogP contribution in [0.25, 0.3) is 11.0 Å². The number of benzene rings is 1. The minimum atomic E-state index is 0.119. The Morgan fingerprint density at radius 3 is 2.70 bits per heavy atom. The van der Waals surface area contributed by atoms with E-state index in [0.29, 0.717) is 6.04 Å². The van der Waals surface area contributed by atoms with Crippen LogP contribution >= 0.6 is 0 Å². The Morgan fingerprint density at radius 1 is 1.22 bits per heavy atom. The predicted molar refractivity (Wildman–Crippen MR) is 107 cm³/mol. The highest BCUT2D eigenvalue weighted by molar-refractivity contribution is 5.94. The van der Waals surface area contributed by atoms with Gasteiger partial charge < -0.3 is 9.47 Å². The summed E-state index contributed by atoms with van der Waals surface area (Å²) in [5, 5.41) is 0. The van der Waals surface area contributed by atoms with Gasteiger partial charge in [0.15, 0.2) is 0 Å². The van der Waals surface area contributed by atoms with Gasteiger partial charge in [0.05, 0.1) is 17.2 Å². The number of carbonyl (C=O) groups excluding carboxylic acids is 1. The molecule has 1 atom stereocenters. The zero-order valence-corrected chi connectivity index (χ0v) is 16.2. The van der Waals surface area contributed by atoms with Crippen LogP contribution in [0.5, 0.6) is 0 Å². The first-order valence-electron chi connectivity index (χ1n) is 9.78. The Balaban J connectivity index is 1.58. The van der Waals surface area contributed by atoms with E-state index in [0.717, 1.165) is 48.4 Å². The van der Waals surface area contributed by atoms with Crippen molar-refractivity contribution in [3.8, 4) is 0 Å². The molecule has 140 valence electrons. The Labute approximate surface area is 160 Å². The number of carbonyl (C=O) groups is 1. The van der Waals surface area contributed by atoms with Crippen molar-refractivity contribution < 1.29 is 4.79 Å². The lowest BCUT2D eigenvalue weighted by Gasteiger charge is -2.19. The van der Waals surface area contributed by atoms with Gasteiger partial charge in [-0.15, -0.1) is 0 Å². The highest BCUT2D eigenvalue weighted by Gasteiger charge is 2.31. The Morgan fingerprint density at radius 2 is 2.00 bits per heavy atom. The van der Waals surface area contributed by atoms with Crippen LogP contribution in [0.15, 0.2) is 42.7 Å². The lowest BCUT2D eigenvalue weighted by Crippen LogP contribution is -2.28. The summed E-state index contributed by atoms with van der Waals surface area (Å²) >= 11 is 0. The first-order chi connectivity index (χ1) is 13.1. The average Bonchev–Trinajstić information content (AvgIpc) is 3.32. The molecule has 0 unspecified atom stereocenters. The summed E-state index contributed by atoms with van der Waals surface area (Å²) in [5.74, 6) is 1.46. The molecule has 0 aliphatic carbocycles. The fourth-order valence-electron chi connectivity index (χ4n) is 4.01. The zero-order valence-electron chi connectivity index (χ0n) is 16.2. The lowest BCUT2D eigenvalue weighted by molar-refractivity contribution is 0.0790. The predicted octanol–water partition coefficient (Wildman–Crippen LogP) is 4.20. The van der Waals surface area contributed by atoms with Crippen LogP contribution in [0.2, 0.25) is 0 Å². The van der Waals surface area contributed by atoms with Gasteiger partial charge in [-0.3, -0.25) is 9.78 Å². The molecule has 1 amide bonds. The molecule has 0 radical (unpaired) electrons. The molecule has 3 heterocycles. The van der Waals surface area contributed by atoms with Crippen LogP contribution in [-0.4, -0.2) is 38.4 Å². The van der Waals surface area contributed by atoms with E-state index in [4.69, 9.17) is 4.98 Å². The second-order valence-corrected chi connectivity index (χ2v) is 7.59. The van der Waals surface area contributed by atoms with Crippen molar-refractivity contribution in [1.82, 2.24) is 19.4 Å². The molecule has 1 aliphatic heterocycles. The van der Waals surface area contributed by atoms with E-state index in [9.17, 15) is 4.79 Å². The van der Waals surface area contributed by atoms with Crippen LogP contribution in [0.1, 0.15) is 60.9 Å². The molecule has 2 aromatic heterocycles. The van der Waals surface area contributed by atoms with Crippen LogP contribution in [0, 0.1) is 0 Å². The first kappa shape index (κ1) is 17.7. The van der Waals surface area contributed by atoms with Crippen molar-refractivity contribution in [2.75, 3.05) is 13.1 Å². The van der Waals surface area contributed by atoms with E-state index in [1.807, 2.05) is 41.4 Å². The SMILES string of the molecule is CCc1ccc(C(=O)N2CC[C@@H](c3nc4ccncc4n3C(C)C)C2)cc1. The van der Waals surface area contributed by atoms with Gasteiger partial charge in [0, 0.05) is 36.8 Å². The van der Waals surface area contributed by atoms with E-state index in [1.165, 1.54) is 5.56 Å². The van der Waals surface area contributed by atoms with Crippen LogP contribution < -0.4 is 0 Å². The molecule has 27 heavy (non-hydrogen) atoms. The molecule has 1 fully saturated rings. The number of imidazole rings is 1. The highest BCUT2D eigenvalue weighted by Crippen LogP contribution is 2.32. The summed E-state index contributed by atoms with van der Waals surface area (Å²) in [6, 6.07) is 10.3. The van der Waals surface area contributed by atoms with Gasteiger partial charge in [0.2, 0.25) is 0 Å². The van der Waals surface area contributed by atoms with Crippen LogP contribution in [-0.2, 0) is 6.42 Å². The van der Waals surface area contributed by atoms with Crippen molar-refractivity contribution in [2.24, 2.45) is 0 Å². The number of fused-ring (bicyclic) bond motifs is 1. The molecule has 1 saturated heterocycles. The fraction of sp³-hybridized carbons (Fsp3) is 0.409. The third-order valence-electron chi connectivity index (χ3n) is 5.49. The fourth-order valence-corrected chi connectivity index (χ4v) is 4.01. The van der Waals surface area contributed by atoms with Crippen LogP contribution in [0.3, 0.4) is 0 Å². The van der Waals surface area contributed by atoms with Crippen molar-refractivity contribution in [3.63, 3.8) is 0 Å². The Hall–Kier alpha value is -2.69. The van der Waals surface area contributed by atoms with Gasteiger partial charge in [-0.05, 0) is 50.5 Å². The van der Waals surface area contributed by atoms with Gasteiger partial charge >= 0.3 is 0 Å². The van der Waals surface area contributed by atoms with Gasteiger partial charge in [0.25, 0.3) is 5.91 Å². The largest absolute Gasteiger partial charge is 0.338 e. The molecule has 4 rings (SSSR count). The summed E-state index contributed by atoms with van der Waals surface area (Å²) in [5.41, 5.74) is 4.08. The van der Waals surface area contributed by atoms with E-state index < -0.39 is 0 Å². The number of aryl methyl sites for hydroxylation is 1. The minimum absolute atomic E-state index is 0.119. The Bertz CT molecular complexity index is 958. The number of nitrogens with zero attached hydrogens (tertiary/aromatic N) is 4. The van der Waals surface area contributed by atoms with E-state index >= 15 is 0 Å². The molecular weight excluding hydrogens is 336 g/mol. The summed E-state index contributed by atoms with van der Waals surface area (Å²) < 4.78 is 2.27. The third kappa shape index (κ3) is 3.22. The lowest BCUT2D eigenvalue weighted by atomic mass is 10.1. The maximum atomic E-state index is 12.9. The third-order valence-corrected chi connectivity index (χ3v) is 5.49. The van der Waals surface area contributed by atoms with E-state index in [-0.39, 0.29) is 11.8 Å². The van der Waals surface area contributed by atoms with Crippen molar-refractivity contribution in [1.29, 1.82) is 0 Å². The molecule has 0 bridgehead atoms. The topological polar surface area (TPSA) is 51.0 Å². The number of hydrogen-bond acceptors (Lipinski definition) is 3. The summed E-state index contributed by atoms with van der Waals surface area (Å²) in [7, 11) is 0. The summed E-state index contributed by atoms with van der Waals surface area (Å²) in [6.45, 7) is 7.96.